The van der Waals surface area contributed by atoms with Crippen LogP contribution in [-0.2, 0) is 0 Å². The van der Waals surface area contributed by atoms with Crippen LogP contribution in [0.15, 0.2) is 58.4 Å². The van der Waals surface area contributed by atoms with E-state index in [1.165, 1.54) is 30.5 Å². The molecule has 2 aromatic carbocycles. The van der Waals surface area contributed by atoms with Gasteiger partial charge in [-0.15, -0.1) is 0 Å². The van der Waals surface area contributed by atoms with E-state index in [0.717, 1.165) is 5.39 Å². The van der Waals surface area contributed by atoms with E-state index >= 15 is 0 Å². The van der Waals surface area contributed by atoms with Gasteiger partial charge < -0.3 is 9.72 Å². The number of H-pyrrole nitrogens is 1. The van der Waals surface area contributed by atoms with Crippen molar-refractivity contribution in [2.24, 2.45) is 5.10 Å². The lowest BCUT2D eigenvalue weighted by atomic mass is 10.1. The summed E-state index contributed by atoms with van der Waals surface area (Å²) in [7, 11) is 0. The molecular formula is C19H16N4O5. The average molecular weight is 380 g/mol. The predicted octanol–water partition coefficient (Wildman–Crippen LogP) is 2.60. The summed E-state index contributed by atoms with van der Waals surface area (Å²) in [5, 5.41) is 15.2. The first kappa shape index (κ1) is 18.8. The molecule has 3 aromatic rings. The monoisotopic (exact) mass is 380 g/mol. The second kappa shape index (κ2) is 8.12. The summed E-state index contributed by atoms with van der Waals surface area (Å²) in [6.45, 7) is 2.40. The van der Waals surface area contributed by atoms with Gasteiger partial charge in [0, 0.05) is 28.6 Å². The van der Waals surface area contributed by atoms with E-state index in [-0.39, 0.29) is 22.4 Å². The number of nitrogens with zero attached hydrogens (tertiary/aromatic N) is 2. The fraction of sp³-hybridized carbons (Fsp3) is 0.105. The van der Waals surface area contributed by atoms with E-state index in [9.17, 15) is 19.7 Å². The molecule has 2 N–H and O–H groups in total. The van der Waals surface area contributed by atoms with Gasteiger partial charge in [-0.25, -0.2) is 5.43 Å². The zero-order chi connectivity index (χ0) is 20.1. The van der Waals surface area contributed by atoms with Crippen LogP contribution in [0.3, 0.4) is 0 Å². The highest BCUT2D eigenvalue weighted by Crippen LogP contribution is 2.19. The smallest absolute Gasteiger partial charge is 0.271 e. The number of aromatic nitrogens is 1. The first-order valence-corrected chi connectivity index (χ1v) is 8.35. The first-order chi connectivity index (χ1) is 13.5. The van der Waals surface area contributed by atoms with Crippen molar-refractivity contribution in [3.05, 3.63) is 80.1 Å². The number of carbonyl (C=O) groups is 1. The lowest BCUT2D eigenvalue weighted by Gasteiger charge is -2.05. The molecule has 0 saturated heterocycles. The SMILES string of the molecule is CCOc1ccc2[nH]c(=O)c(/C=N/NC(=O)c3ccc([N+](=O)[O-])cc3)cc2c1. The number of rotatable bonds is 6. The Balaban J connectivity index is 1.76. The molecule has 0 fully saturated rings. The van der Waals surface area contributed by atoms with Crippen LogP contribution >= 0.6 is 0 Å². The molecule has 0 aliphatic rings. The summed E-state index contributed by atoms with van der Waals surface area (Å²) in [6.07, 6.45) is 1.23. The molecule has 1 amide bonds. The Hall–Kier alpha value is -4.01. The number of nitro groups is 1. The van der Waals surface area contributed by atoms with Gasteiger partial charge in [0.1, 0.15) is 5.75 Å². The Kier molecular flexibility index (Phi) is 5.45. The molecule has 3 rings (SSSR count). The molecule has 9 nitrogen and oxygen atoms in total. The molecule has 0 spiro atoms. The lowest BCUT2D eigenvalue weighted by molar-refractivity contribution is -0.384. The summed E-state index contributed by atoms with van der Waals surface area (Å²) in [5.74, 6) is 0.124. The van der Waals surface area contributed by atoms with Crippen molar-refractivity contribution in [3.63, 3.8) is 0 Å². The van der Waals surface area contributed by atoms with Crippen molar-refractivity contribution in [2.75, 3.05) is 6.61 Å². The van der Waals surface area contributed by atoms with Crippen LogP contribution in [0.4, 0.5) is 5.69 Å². The number of hydrazone groups is 1. The standard InChI is InChI=1S/C19H16N4O5/c1-2-28-16-7-8-17-13(10-16)9-14(18(24)21-17)11-20-22-19(25)12-3-5-15(6-4-12)23(26)27/h3-11H,2H2,1H3,(H,21,24)(H,22,25)/b20-11+. The molecule has 1 heterocycles. The molecule has 0 bridgehead atoms. The second-order valence-electron chi connectivity index (χ2n) is 5.74. The van der Waals surface area contributed by atoms with Crippen molar-refractivity contribution in [1.82, 2.24) is 10.4 Å². The predicted molar refractivity (Wildman–Crippen MR) is 104 cm³/mol. The molecular weight excluding hydrogens is 364 g/mol. The summed E-state index contributed by atoms with van der Waals surface area (Å²) < 4.78 is 5.44. The third-order valence-electron chi connectivity index (χ3n) is 3.87. The summed E-state index contributed by atoms with van der Waals surface area (Å²) in [6, 6.07) is 12.0. The number of aromatic amines is 1. The van der Waals surface area contributed by atoms with Crippen LogP contribution in [-0.4, -0.2) is 28.6 Å². The fourth-order valence-electron chi connectivity index (χ4n) is 2.51. The first-order valence-electron chi connectivity index (χ1n) is 8.35. The minimum Gasteiger partial charge on any atom is -0.494 e. The molecule has 0 aliphatic heterocycles. The third-order valence-corrected chi connectivity index (χ3v) is 3.87. The number of ether oxygens (including phenoxy) is 1. The number of pyridine rings is 1. The Bertz CT molecular complexity index is 1120. The Labute approximate surface area is 158 Å². The maximum Gasteiger partial charge on any atom is 0.271 e. The van der Waals surface area contributed by atoms with E-state index in [1.807, 2.05) is 6.92 Å². The molecule has 0 saturated carbocycles. The normalized spacial score (nSPS) is 10.9. The van der Waals surface area contributed by atoms with Gasteiger partial charge in [-0.05, 0) is 43.3 Å². The minimum atomic E-state index is -0.554. The van der Waals surface area contributed by atoms with E-state index < -0.39 is 10.8 Å². The average Bonchev–Trinajstić information content (AvgIpc) is 2.69. The van der Waals surface area contributed by atoms with Gasteiger partial charge in [-0.2, -0.15) is 5.10 Å². The number of hydrogen-bond donors (Lipinski definition) is 2. The van der Waals surface area contributed by atoms with Gasteiger partial charge >= 0.3 is 0 Å². The fourth-order valence-corrected chi connectivity index (χ4v) is 2.51. The van der Waals surface area contributed by atoms with Gasteiger partial charge in [-0.3, -0.25) is 19.7 Å². The number of nitro benzene ring substituents is 1. The minimum absolute atomic E-state index is 0.117. The molecule has 0 unspecified atom stereocenters. The van der Waals surface area contributed by atoms with Gasteiger partial charge in [0.05, 0.1) is 23.3 Å². The third kappa shape index (κ3) is 4.21. The van der Waals surface area contributed by atoms with Crippen LogP contribution in [0.2, 0.25) is 0 Å². The quantitative estimate of drug-likeness (QED) is 0.386. The summed E-state index contributed by atoms with van der Waals surface area (Å²) >= 11 is 0. The largest absolute Gasteiger partial charge is 0.494 e. The number of carbonyl (C=O) groups excluding carboxylic acids is 1. The van der Waals surface area contributed by atoms with E-state index in [1.54, 1.807) is 24.3 Å². The van der Waals surface area contributed by atoms with Crippen LogP contribution in [0, 0.1) is 10.1 Å². The van der Waals surface area contributed by atoms with Gasteiger partial charge in [-0.1, -0.05) is 0 Å². The highest BCUT2D eigenvalue weighted by molar-refractivity contribution is 5.95. The highest BCUT2D eigenvalue weighted by atomic mass is 16.6. The summed E-state index contributed by atoms with van der Waals surface area (Å²) in [5.41, 5.74) is 2.93. The number of nitrogens with one attached hydrogen (secondary N) is 2. The Morgan fingerprint density at radius 3 is 2.68 bits per heavy atom. The second-order valence-corrected chi connectivity index (χ2v) is 5.74. The Morgan fingerprint density at radius 2 is 2.00 bits per heavy atom. The maximum absolute atomic E-state index is 12.1. The van der Waals surface area contributed by atoms with Crippen molar-refractivity contribution in [1.29, 1.82) is 0 Å². The molecule has 0 aliphatic carbocycles. The van der Waals surface area contributed by atoms with E-state index in [2.05, 4.69) is 15.5 Å². The van der Waals surface area contributed by atoms with Crippen molar-refractivity contribution >= 4 is 28.7 Å². The molecule has 0 radical (unpaired) electrons. The number of benzene rings is 2. The maximum atomic E-state index is 12.1. The number of hydrogen-bond acceptors (Lipinski definition) is 6. The van der Waals surface area contributed by atoms with Crippen LogP contribution in [0.25, 0.3) is 10.9 Å². The van der Waals surface area contributed by atoms with Crippen LogP contribution in [0.1, 0.15) is 22.8 Å². The van der Waals surface area contributed by atoms with Crippen molar-refractivity contribution in [3.8, 4) is 5.75 Å². The summed E-state index contributed by atoms with van der Waals surface area (Å²) in [4.78, 5) is 37.0. The van der Waals surface area contributed by atoms with Crippen molar-refractivity contribution in [2.45, 2.75) is 6.92 Å². The van der Waals surface area contributed by atoms with Crippen molar-refractivity contribution < 1.29 is 14.5 Å². The molecule has 142 valence electrons. The zero-order valence-electron chi connectivity index (χ0n) is 14.8. The van der Waals surface area contributed by atoms with E-state index in [4.69, 9.17) is 4.74 Å². The van der Waals surface area contributed by atoms with Gasteiger partial charge in [0.25, 0.3) is 17.2 Å². The Morgan fingerprint density at radius 1 is 1.25 bits per heavy atom. The highest BCUT2D eigenvalue weighted by Gasteiger charge is 2.09. The molecule has 9 heteroatoms. The molecule has 1 aromatic heterocycles. The molecule has 0 atom stereocenters. The number of amides is 1. The van der Waals surface area contributed by atoms with Gasteiger partial charge in [0.15, 0.2) is 0 Å². The van der Waals surface area contributed by atoms with Crippen LogP contribution in [0.5, 0.6) is 5.75 Å². The van der Waals surface area contributed by atoms with E-state index in [0.29, 0.717) is 17.9 Å². The lowest BCUT2D eigenvalue weighted by Crippen LogP contribution is -2.19. The molecule has 28 heavy (non-hydrogen) atoms. The van der Waals surface area contributed by atoms with Gasteiger partial charge in [0.2, 0.25) is 0 Å². The number of fused-ring (bicyclic) bond motifs is 1. The zero-order valence-corrected chi connectivity index (χ0v) is 14.8. The van der Waals surface area contributed by atoms with Crippen LogP contribution < -0.4 is 15.7 Å². The topological polar surface area (TPSA) is 127 Å². The number of non-ortho nitro benzene ring substituents is 1.